The summed E-state index contributed by atoms with van der Waals surface area (Å²) in [6, 6.07) is 2.91. The van der Waals surface area contributed by atoms with E-state index in [1.165, 1.54) is 29.7 Å². The van der Waals surface area contributed by atoms with Crippen LogP contribution in [-0.4, -0.2) is 57.0 Å². The number of nitrogens with zero attached hydrogens (tertiary/aromatic N) is 2. The SMILES string of the molecule is CNC1CCCN(S(=O)(=O)c2ccc(C(=O)OC)nc2)C1. The second-order valence-corrected chi connectivity index (χ2v) is 6.80. The van der Waals surface area contributed by atoms with Crippen molar-refractivity contribution in [2.24, 2.45) is 0 Å². The molecule has 1 aliphatic heterocycles. The molecule has 7 nitrogen and oxygen atoms in total. The molecule has 2 heterocycles. The summed E-state index contributed by atoms with van der Waals surface area (Å²) in [5.41, 5.74) is 0.0863. The van der Waals surface area contributed by atoms with E-state index in [1.54, 1.807) is 0 Å². The van der Waals surface area contributed by atoms with Gasteiger partial charge in [-0.1, -0.05) is 0 Å². The molecule has 0 spiro atoms. The van der Waals surface area contributed by atoms with Crippen LogP contribution in [0.3, 0.4) is 0 Å². The van der Waals surface area contributed by atoms with Crippen molar-refractivity contribution in [2.75, 3.05) is 27.2 Å². The zero-order valence-electron chi connectivity index (χ0n) is 12.1. The van der Waals surface area contributed by atoms with Crippen LogP contribution >= 0.6 is 0 Å². The quantitative estimate of drug-likeness (QED) is 0.801. The average Bonchev–Trinajstić information content (AvgIpc) is 2.54. The highest BCUT2D eigenvalue weighted by atomic mass is 32.2. The summed E-state index contributed by atoms with van der Waals surface area (Å²) < 4.78 is 31.1. The molecule has 0 bridgehead atoms. The molecule has 0 aliphatic carbocycles. The van der Waals surface area contributed by atoms with E-state index in [0.29, 0.717) is 13.1 Å². The highest BCUT2D eigenvalue weighted by Crippen LogP contribution is 2.20. The minimum atomic E-state index is -3.58. The number of piperidine rings is 1. The fourth-order valence-electron chi connectivity index (χ4n) is 2.30. The number of aromatic nitrogens is 1. The van der Waals surface area contributed by atoms with Crippen LogP contribution in [0, 0.1) is 0 Å². The molecule has 0 saturated carbocycles. The standard InChI is InChI=1S/C13H19N3O4S/c1-14-10-4-3-7-16(9-10)21(18,19)11-5-6-12(15-8-11)13(17)20-2/h5-6,8,10,14H,3-4,7,9H2,1-2H3. The van der Waals surface area contributed by atoms with E-state index in [2.05, 4.69) is 15.0 Å². The number of carbonyl (C=O) groups is 1. The Hall–Kier alpha value is -1.51. The van der Waals surface area contributed by atoms with Crippen molar-refractivity contribution in [3.8, 4) is 0 Å². The van der Waals surface area contributed by atoms with Crippen LogP contribution in [0.25, 0.3) is 0 Å². The van der Waals surface area contributed by atoms with Gasteiger partial charge >= 0.3 is 5.97 Å². The molecule has 1 unspecified atom stereocenters. The lowest BCUT2D eigenvalue weighted by Crippen LogP contribution is -2.46. The Morgan fingerprint density at radius 2 is 2.24 bits per heavy atom. The zero-order valence-corrected chi connectivity index (χ0v) is 12.9. The Morgan fingerprint density at radius 1 is 1.48 bits per heavy atom. The first kappa shape index (κ1) is 15.9. The zero-order chi connectivity index (χ0) is 15.5. The van der Waals surface area contributed by atoms with E-state index in [9.17, 15) is 13.2 Å². The van der Waals surface area contributed by atoms with E-state index >= 15 is 0 Å². The smallest absolute Gasteiger partial charge is 0.356 e. The molecule has 1 aromatic heterocycles. The van der Waals surface area contributed by atoms with Gasteiger partial charge in [-0.3, -0.25) is 0 Å². The first-order chi connectivity index (χ1) is 9.98. The van der Waals surface area contributed by atoms with Gasteiger partial charge in [-0.05, 0) is 32.0 Å². The topological polar surface area (TPSA) is 88.6 Å². The van der Waals surface area contributed by atoms with Crippen molar-refractivity contribution < 1.29 is 17.9 Å². The van der Waals surface area contributed by atoms with E-state index in [4.69, 9.17) is 0 Å². The van der Waals surface area contributed by atoms with E-state index in [0.717, 1.165) is 12.8 Å². The number of pyridine rings is 1. The molecule has 21 heavy (non-hydrogen) atoms. The normalized spacial score (nSPS) is 20.2. The number of nitrogens with one attached hydrogen (secondary N) is 1. The van der Waals surface area contributed by atoms with Gasteiger partial charge in [0.25, 0.3) is 0 Å². The largest absolute Gasteiger partial charge is 0.464 e. The Bertz CT molecular complexity index is 600. The molecule has 1 N–H and O–H groups in total. The van der Waals surface area contributed by atoms with E-state index in [-0.39, 0.29) is 16.6 Å². The maximum atomic E-state index is 12.5. The molecule has 1 saturated heterocycles. The Balaban J connectivity index is 2.21. The highest BCUT2D eigenvalue weighted by molar-refractivity contribution is 7.89. The number of rotatable bonds is 4. The molecule has 1 atom stereocenters. The van der Waals surface area contributed by atoms with E-state index in [1.807, 2.05) is 7.05 Å². The van der Waals surface area contributed by atoms with Crippen molar-refractivity contribution in [2.45, 2.75) is 23.8 Å². The number of hydrogen-bond acceptors (Lipinski definition) is 6. The minimum absolute atomic E-state index is 0.0863. The third-order valence-electron chi connectivity index (χ3n) is 3.56. The number of carbonyl (C=O) groups excluding carboxylic acids is 1. The van der Waals surface area contributed by atoms with Crippen LogP contribution in [0.15, 0.2) is 23.2 Å². The Morgan fingerprint density at radius 3 is 2.81 bits per heavy atom. The predicted octanol–water partition coefficient (Wildman–Crippen LogP) is 0.241. The van der Waals surface area contributed by atoms with Gasteiger partial charge in [0.2, 0.25) is 10.0 Å². The number of hydrogen-bond donors (Lipinski definition) is 1. The summed E-state index contributed by atoms with van der Waals surface area (Å²) in [6.07, 6.45) is 2.98. The molecular formula is C13H19N3O4S. The lowest BCUT2D eigenvalue weighted by atomic mass is 10.1. The Kier molecular flexibility index (Phi) is 4.92. The van der Waals surface area contributed by atoms with Crippen LogP contribution in [0.1, 0.15) is 23.3 Å². The number of sulfonamides is 1. The fraction of sp³-hybridized carbons (Fsp3) is 0.538. The van der Waals surface area contributed by atoms with Crippen molar-refractivity contribution in [1.82, 2.24) is 14.6 Å². The second kappa shape index (κ2) is 6.50. The lowest BCUT2D eigenvalue weighted by Gasteiger charge is -2.31. The maximum Gasteiger partial charge on any atom is 0.356 e. The van der Waals surface area contributed by atoms with Crippen molar-refractivity contribution in [1.29, 1.82) is 0 Å². The average molecular weight is 313 g/mol. The minimum Gasteiger partial charge on any atom is -0.464 e. The molecule has 2 rings (SSSR count). The van der Waals surface area contributed by atoms with Gasteiger partial charge in [0.1, 0.15) is 10.6 Å². The fourth-order valence-corrected chi connectivity index (χ4v) is 3.77. The van der Waals surface area contributed by atoms with Crippen molar-refractivity contribution in [3.63, 3.8) is 0 Å². The van der Waals surface area contributed by atoms with Gasteiger partial charge in [0.15, 0.2) is 0 Å². The third-order valence-corrected chi connectivity index (χ3v) is 5.41. The summed E-state index contributed by atoms with van der Waals surface area (Å²) in [4.78, 5) is 15.2. The molecule has 0 aromatic carbocycles. The third kappa shape index (κ3) is 3.39. The predicted molar refractivity (Wildman–Crippen MR) is 76.4 cm³/mol. The van der Waals surface area contributed by atoms with Gasteiger partial charge in [-0.25, -0.2) is 18.2 Å². The van der Waals surface area contributed by atoms with E-state index < -0.39 is 16.0 Å². The van der Waals surface area contributed by atoms with Crippen LogP contribution in [0.5, 0.6) is 0 Å². The molecule has 1 fully saturated rings. The van der Waals surface area contributed by atoms with Gasteiger partial charge in [0, 0.05) is 25.3 Å². The number of likely N-dealkylation sites (N-methyl/N-ethyl adjacent to an activating group) is 1. The summed E-state index contributed by atoms with van der Waals surface area (Å²) in [5, 5.41) is 3.11. The first-order valence-electron chi connectivity index (χ1n) is 6.71. The summed E-state index contributed by atoms with van der Waals surface area (Å²) in [6.45, 7) is 0.941. The summed E-state index contributed by atoms with van der Waals surface area (Å²) in [7, 11) is -0.498. The Labute approximate surface area is 124 Å². The van der Waals surface area contributed by atoms with Crippen LogP contribution in [-0.2, 0) is 14.8 Å². The molecular weight excluding hydrogens is 294 g/mol. The number of ether oxygens (including phenoxy) is 1. The monoisotopic (exact) mass is 313 g/mol. The first-order valence-corrected chi connectivity index (χ1v) is 8.15. The summed E-state index contributed by atoms with van der Waals surface area (Å²) >= 11 is 0. The van der Waals surface area contributed by atoms with Gasteiger partial charge < -0.3 is 10.1 Å². The number of esters is 1. The van der Waals surface area contributed by atoms with Crippen LogP contribution in [0.4, 0.5) is 0 Å². The second-order valence-electron chi connectivity index (χ2n) is 4.86. The van der Waals surface area contributed by atoms with Crippen molar-refractivity contribution in [3.05, 3.63) is 24.0 Å². The molecule has 0 amide bonds. The van der Waals surface area contributed by atoms with Gasteiger partial charge in [-0.15, -0.1) is 0 Å². The molecule has 1 aromatic rings. The molecule has 0 radical (unpaired) electrons. The lowest BCUT2D eigenvalue weighted by molar-refractivity contribution is 0.0594. The number of methoxy groups -OCH3 is 1. The highest BCUT2D eigenvalue weighted by Gasteiger charge is 2.30. The molecule has 1 aliphatic rings. The summed E-state index contributed by atoms with van der Waals surface area (Å²) in [5.74, 6) is -0.591. The van der Waals surface area contributed by atoms with Crippen LogP contribution in [0.2, 0.25) is 0 Å². The van der Waals surface area contributed by atoms with Gasteiger partial charge in [-0.2, -0.15) is 4.31 Å². The van der Waals surface area contributed by atoms with Crippen molar-refractivity contribution >= 4 is 16.0 Å². The molecule has 116 valence electrons. The molecule has 8 heteroatoms. The maximum absolute atomic E-state index is 12.5. The van der Waals surface area contributed by atoms with Crippen LogP contribution < -0.4 is 5.32 Å². The van der Waals surface area contributed by atoms with Gasteiger partial charge in [0.05, 0.1) is 7.11 Å².